The van der Waals surface area contributed by atoms with Gasteiger partial charge in [-0.2, -0.15) is 5.10 Å². The Morgan fingerprint density at radius 2 is 2.35 bits per heavy atom. The van der Waals surface area contributed by atoms with Crippen LogP contribution in [0.2, 0.25) is 0 Å². The van der Waals surface area contributed by atoms with Crippen molar-refractivity contribution < 1.29 is 4.79 Å². The summed E-state index contributed by atoms with van der Waals surface area (Å²) in [5.74, 6) is 0.108. The second kappa shape index (κ2) is 5.95. The molecular formula is C15H24N4O. The largest absolute Gasteiger partial charge is 0.334 e. The zero-order valence-corrected chi connectivity index (χ0v) is 12.2. The molecule has 0 bridgehead atoms. The van der Waals surface area contributed by atoms with Crippen molar-refractivity contribution in [3.63, 3.8) is 0 Å². The molecule has 2 aliphatic rings. The van der Waals surface area contributed by atoms with Crippen molar-refractivity contribution in [1.82, 2.24) is 20.0 Å². The van der Waals surface area contributed by atoms with Gasteiger partial charge in [0.15, 0.2) is 0 Å². The van der Waals surface area contributed by atoms with E-state index < -0.39 is 0 Å². The molecule has 2 saturated heterocycles. The normalized spacial score (nSPS) is 26.9. The number of carbonyl (C=O) groups is 1. The first-order valence-corrected chi connectivity index (χ1v) is 7.86. The maximum Gasteiger partial charge on any atom is 0.274 e. The van der Waals surface area contributed by atoms with Crippen molar-refractivity contribution in [3.05, 3.63) is 18.0 Å². The Labute approximate surface area is 120 Å². The van der Waals surface area contributed by atoms with Gasteiger partial charge >= 0.3 is 0 Å². The van der Waals surface area contributed by atoms with E-state index in [1.807, 2.05) is 21.8 Å². The lowest BCUT2D eigenvalue weighted by Gasteiger charge is -2.24. The molecule has 1 N–H and O–H groups in total. The maximum atomic E-state index is 12.5. The zero-order valence-electron chi connectivity index (χ0n) is 12.2. The van der Waals surface area contributed by atoms with Crippen LogP contribution >= 0.6 is 0 Å². The Morgan fingerprint density at radius 1 is 1.45 bits per heavy atom. The Morgan fingerprint density at radius 3 is 3.10 bits per heavy atom. The third-order valence-corrected chi connectivity index (χ3v) is 4.58. The highest BCUT2D eigenvalue weighted by molar-refractivity contribution is 5.92. The lowest BCUT2D eigenvalue weighted by molar-refractivity contribution is 0.0726. The van der Waals surface area contributed by atoms with Crippen molar-refractivity contribution in [1.29, 1.82) is 0 Å². The van der Waals surface area contributed by atoms with Gasteiger partial charge in [-0.3, -0.25) is 9.48 Å². The number of rotatable bonds is 3. The predicted octanol–water partition coefficient (Wildman–Crippen LogP) is 1.82. The molecule has 1 aromatic rings. The van der Waals surface area contributed by atoms with Gasteiger partial charge in [0.1, 0.15) is 5.69 Å². The summed E-state index contributed by atoms with van der Waals surface area (Å²) in [6.07, 6.45) is 7.58. The highest BCUT2D eigenvalue weighted by atomic mass is 16.2. The molecule has 110 valence electrons. The van der Waals surface area contributed by atoms with Crippen LogP contribution < -0.4 is 5.32 Å². The molecule has 0 radical (unpaired) electrons. The minimum Gasteiger partial charge on any atom is -0.334 e. The minimum atomic E-state index is 0.108. The maximum absolute atomic E-state index is 12.5. The van der Waals surface area contributed by atoms with Crippen LogP contribution in [0.4, 0.5) is 0 Å². The van der Waals surface area contributed by atoms with E-state index in [1.54, 1.807) is 0 Å². The summed E-state index contributed by atoms with van der Waals surface area (Å²) in [5.41, 5.74) is 0.607. The summed E-state index contributed by atoms with van der Waals surface area (Å²) < 4.78 is 1.97. The van der Waals surface area contributed by atoms with Crippen LogP contribution in [0.15, 0.2) is 12.3 Å². The van der Waals surface area contributed by atoms with Gasteiger partial charge in [-0.1, -0.05) is 6.92 Å². The Kier molecular flexibility index (Phi) is 4.05. The van der Waals surface area contributed by atoms with Gasteiger partial charge in [0.05, 0.1) is 6.04 Å². The SMILES string of the molecule is CCC1CCCN1C(=O)c1ccn(C2CCCNC2)n1. The molecule has 2 unspecified atom stereocenters. The standard InChI is InChI=1S/C15H24N4O/c1-2-12-6-4-9-18(12)15(20)14-7-10-19(17-14)13-5-3-8-16-11-13/h7,10,12-13,16H,2-6,8-9,11H2,1H3. The van der Waals surface area contributed by atoms with Crippen LogP contribution in [0.3, 0.4) is 0 Å². The Hall–Kier alpha value is -1.36. The van der Waals surface area contributed by atoms with Crippen LogP contribution in [-0.2, 0) is 0 Å². The molecule has 0 aromatic carbocycles. The van der Waals surface area contributed by atoms with Crippen molar-refractivity contribution in [2.45, 2.75) is 51.1 Å². The number of amides is 1. The lowest BCUT2D eigenvalue weighted by atomic mass is 10.1. The third-order valence-electron chi connectivity index (χ3n) is 4.58. The highest BCUT2D eigenvalue weighted by Gasteiger charge is 2.29. The van der Waals surface area contributed by atoms with E-state index in [4.69, 9.17) is 0 Å². The van der Waals surface area contributed by atoms with Gasteiger partial charge in [0, 0.05) is 25.3 Å². The molecule has 3 heterocycles. The average Bonchev–Trinajstić information content (AvgIpc) is 3.16. The highest BCUT2D eigenvalue weighted by Crippen LogP contribution is 2.22. The molecule has 5 heteroatoms. The first-order chi connectivity index (χ1) is 9.79. The van der Waals surface area contributed by atoms with E-state index in [-0.39, 0.29) is 5.91 Å². The molecular weight excluding hydrogens is 252 g/mol. The third kappa shape index (κ3) is 2.59. The Bertz CT molecular complexity index is 464. The molecule has 2 fully saturated rings. The topological polar surface area (TPSA) is 50.2 Å². The molecule has 1 aromatic heterocycles. The number of piperidine rings is 1. The molecule has 0 spiro atoms. The predicted molar refractivity (Wildman–Crippen MR) is 77.7 cm³/mol. The second-order valence-corrected chi connectivity index (χ2v) is 5.88. The summed E-state index contributed by atoms with van der Waals surface area (Å²) in [5, 5.41) is 7.92. The average molecular weight is 276 g/mol. The van der Waals surface area contributed by atoms with Crippen LogP contribution in [-0.4, -0.2) is 46.3 Å². The first-order valence-electron chi connectivity index (χ1n) is 7.86. The molecule has 2 aliphatic heterocycles. The van der Waals surface area contributed by atoms with Gasteiger partial charge in [0.25, 0.3) is 5.91 Å². The number of aromatic nitrogens is 2. The monoisotopic (exact) mass is 276 g/mol. The number of nitrogens with one attached hydrogen (secondary N) is 1. The summed E-state index contributed by atoms with van der Waals surface area (Å²) in [6.45, 7) is 5.09. The summed E-state index contributed by atoms with van der Waals surface area (Å²) in [7, 11) is 0. The zero-order chi connectivity index (χ0) is 13.9. The van der Waals surface area contributed by atoms with Gasteiger partial charge in [-0.25, -0.2) is 0 Å². The van der Waals surface area contributed by atoms with E-state index in [0.29, 0.717) is 17.8 Å². The fourth-order valence-corrected chi connectivity index (χ4v) is 3.39. The van der Waals surface area contributed by atoms with Gasteiger partial charge in [-0.15, -0.1) is 0 Å². The number of carbonyl (C=O) groups excluding carboxylic acids is 1. The van der Waals surface area contributed by atoms with Crippen LogP contribution in [0.25, 0.3) is 0 Å². The van der Waals surface area contributed by atoms with Crippen molar-refractivity contribution in [2.75, 3.05) is 19.6 Å². The van der Waals surface area contributed by atoms with Crippen molar-refractivity contribution in [2.24, 2.45) is 0 Å². The van der Waals surface area contributed by atoms with Crippen LogP contribution in [0.1, 0.15) is 55.6 Å². The van der Waals surface area contributed by atoms with Gasteiger partial charge in [0.2, 0.25) is 0 Å². The van der Waals surface area contributed by atoms with E-state index in [9.17, 15) is 4.79 Å². The molecule has 2 atom stereocenters. The summed E-state index contributed by atoms with van der Waals surface area (Å²) >= 11 is 0. The first kappa shape index (κ1) is 13.6. The molecule has 20 heavy (non-hydrogen) atoms. The number of nitrogens with zero attached hydrogens (tertiary/aromatic N) is 3. The van der Waals surface area contributed by atoms with E-state index >= 15 is 0 Å². The van der Waals surface area contributed by atoms with E-state index in [2.05, 4.69) is 17.3 Å². The summed E-state index contributed by atoms with van der Waals surface area (Å²) in [6, 6.07) is 2.68. The molecule has 1 amide bonds. The smallest absolute Gasteiger partial charge is 0.274 e. The molecule has 0 aliphatic carbocycles. The van der Waals surface area contributed by atoms with Gasteiger partial charge in [-0.05, 0) is 44.7 Å². The van der Waals surface area contributed by atoms with E-state index in [1.165, 1.54) is 6.42 Å². The molecule has 0 saturated carbocycles. The number of hydrogen-bond acceptors (Lipinski definition) is 3. The minimum absolute atomic E-state index is 0.108. The van der Waals surface area contributed by atoms with Gasteiger partial charge < -0.3 is 10.2 Å². The quantitative estimate of drug-likeness (QED) is 0.916. The second-order valence-electron chi connectivity index (χ2n) is 5.88. The lowest BCUT2D eigenvalue weighted by Crippen LogP contribution is -2.36. The fraction of sp³-hybridized carbons (Fsp3) is 0.733. The van der Waals surface area contributed by atoms with Crippen LogP contribution in [0.5, 0.6) is 0 Å². The summed E-state index contributed by atoms with van der Waals surface area (Å²) in [4.78, 5) is 14.6. The van der Waals surface area contributed by atoms with E-state index in [0.717, 1.165) is 45.3 Å². The number of hydrogen-bond donors (Lipinski definition) is 1. The molecule has 3 rings (SSSR count). The molecule has 5 nitrogen and oxygen atoms in total. The van der Waals surface area contributed by atoms with Crippen LogP contribution in [0, 0.1) is 0 Å². The van der Waals surface area contributed by atoms with Crippen molar-refractivity contribution in [3.8, 4) is 0 Å². The number of likely N-dealkylation sites (tertiary alicyclic amines) is 1. The van der Waals surface area contributed by atoms with Crippen molar-refractivity contribution >= 4 is 5.91 Å². The fourth-order valence-electron chi connectivity index (χ4n) is 3.39. The Balaban J connectivity index is 1.71.